The van der Waals surface area contributed by atoms with Crippen molar-refractivity contribution in [3.63, 3.8) is 0 Å². The molecule has 0 rings (SSSR count). The first-order chi connectivity index (χ1) is 23.0. The molecule has 0 aromatic heterocycles. The number of aliphatic hydroxyl groups excluding tert-OH is 6. The van der Waals surface area contributed by atoms with Crippen molar-refractivity contribution in [1.29, 1.82) is 0 Å². The van der Waals surface area contributed by atoms with Crippen LogP contribution >= 0.6 is 0 Å². The molecule has 48 heavy (non-hydrogen) atoms. The van der Waals surface area contributed by atoms with Gasteiger partial charge in [0.25, 0.3) is 0 Å². The fraction of sp³-hybridized carbons (Fsp3) is 0.947. The molecule has 10 nitrogen and oxygen atoms in total. The first-order valence-corrected chi connectivity index (χ1v) is 19.2. The number of hydrogen-bond donors (Lipinski definition) is 8. The Kier molecular flexibility index (Phi) is 53.3. The highest BCUT2D eigenvalue weighted by Gasteiger charge is 1.99. The molecule has 0 radical (unpaired) electrons. The fourth-order valence-corrected chi connectivity index (χ4v) is 4.65. The van der Waals surface area contributed by atoms with E-state index in [9.17, 15) is 9.59 Å². The van der Waals surface area contributed by atoms with Crippen molar-refractivity contribution in [2.45, 2.75) is 200 Å². The third kappa shape index (κ3) is 63.4. The maximum absolute atomic E-state index is 10.3. The average Bonchev–Trinajstić information content (AvgIpc) is 3.07. The molecular weight excluding hydrogens is 616 g/mol. The van der Waals surface area contributed by atoms with Gasteiger partial charge in [0.2, 0.25) is 0 Å². The molecule has 0 fully saturated rings. The zero-order chi connectivity index (χ0) is 37.1. The van der Waals surface area contributed by atoms with Crippen molar-refractivity contribution >= 4 is 11.9 Å². The van der Waals surface area contributed by atoms with Crippen molar-refractivity contribution in [3.8, 4) is 0 Å². The molecule has 0 aliphatic heterocycles. The lowest BCUT2D eigenvalue weighted by atomic mass is 10.0. The van der Waals surface area contributed by atoms with E-state index in [-0.39, 0.29) is 26.4 Å². The molecule has 8 N–H and O–H groups in total. The topological polar surface area (TPSA) is 196 Å². The van der Waals surface area contributed by atoms with Crippen LogP contribution in [0.1, 0.15) is 188 Å². The van der Waals surface area contributed by atoms with E-state index < -0.39 is 24.1 Å². The summed E-state index contributed by atoms with van der Waals surface area (Å²) in [7, 11) is 0. The van der Waals surface area contributed by atoms with Gasteiger partial charge >= 0.3 is 11.9 Å². The van der Waals surface area contributed by atoms with Crippen molar-refractivity contribution in [1.82, 2.24) is 0 Å². The molecule has 0 amide bonds. The second-order valence-corrected chi connectivity index (χ2v) is 13.3. The lowest BCUT2D eigenvalue weighted by Gasteiger charge is -2.04. The van der Waals surface area contributed by atoms with Gasteiger partial charge in [0.05, 0.1) is 26.4 Å². The van der Waals surface area contributed by atoms with E-state index in [1.54, 1.807) is 0 Å². The maximum Gasteiger partial charge on any atom is 0.303 e. The smallest absolute Gasteiger partial charge is 0.303 e. The number of carboxylic acid groups (broad SMARTS) is 2. The van der Waals surface area contributed by atoms with E-state index in [2.05, 4.69) is 20.8 Å². The summed E-state index contributed by atoms with van der Waals surface area (Å²) >= 11 is 0. The Morgan fingerprint density at radius 3 is 0.833 bits per heavy atom. The SMILES string of the molecule is CC(C)CCCCCCCCCCCCCCC(=O)O.CCCCCCCCCCCCCC(=O)O.OCC(O)CO.OCC(O)CO. The van der Waals surface area contributed by atoms with Crippen LogP contribution in [0.5, 0.6) is 0 Å². The molecule has 0 bridgehead atoms. The van der Waals surface area contributed by atoms with Gasteiger partial charge in [-0.1, -0.05) is 162 Å². The molecular formula is C38H80O10. The van der Waals surface area contributed by atoms with E-state index in [0.29, 0.717) is 12.8 Å². The van der Waals surface area contributed by atoms with E-state index in [1.807, 2.05) is 0 Å². The van der Waals surface area contributed by atoms with Crippen LogP contribution in [-0.2, 0) is 9.59 Å². The average molecular weight is 697 g/mol. The highest BCUT2D eigenvalue weighted by molar-refractivity contribution is 5.66. The molecule has 0 aliphatic rings. The predicted octanol–water partition coefficient (Wildman–Crippen LogP) is 7.62. The molecule has 0 aromatic rings. The summed E-state index contributed by atoms with van der Waals surface area (Å²) in [6, 6.07) is 0. The molecule has 0 saturated heterocycles. The fourth-order valence-electron chi connectivity index (χ4n) is 4.65. The number of carbonyl (C=O) groups is 2. The van der Waals surface area contributed by atoms with Gasteiger partial charge in [0, 0.05) is 12.8 Å². The summed E-state index contributed by atoms with van der Waals surface area (Å²) < 4.78 is 0. The molecule has 0 atom stereocenters. The minimum atomic E-state index is -0.954. The lowest BCUT2D eigenvalue weighted by Crippen LogP contribution is -2.15. The van der Waals surface area contributed by atoms with Gasteiger partial charge < -0.3 is 40.9 Å². The summed E-state index contributed by atoms with van der Waals surface area (Å²) in [5.74, 6) is -0.445. The summed E-state index contributed by atoms with van der Waals surface area (Å²) in [5, 5.41) is 65.0. The van der Waals surface area contributed by atoms with Gasteiger partial charge in [-0.3, -0.25) is 9.59 Å². The predicted molar refractivity (Wildman–Crippen MR) is 196 cm³/mol. The van der Waals surface area contributed by atoms with Crippen molar-refractivity contribution in [2.75, 3.05) is 26.4 Å². The van der Waals surface area contributed by atoms with Crippen LogP contribution in [0.25, 0.3) is 0 Å². The van der Waals surface area contributed by atoms with Gasteiger partial charge in [0.15, 0.2) is 0 Å². The van der Waals surface area contributed by atoms with Gasteiger partial charge in [-0.15, -0.1) is 0 Å². The van der Waals surface area contributed by atoms with Crippen molar-refractivity contribution in [2.24, 2.45) is 5.92 Å². The zero-order valence-electron chi connectivity index (χ0n) is 31.3. The third-order valence-electron chi connectivity index (χ3n) is 7.76. The normalized spacial score (nSPS) is 10.7. The Morgan fingerprint density at radius 2 is 0.646 bits per heavy atom. The minimum absolute atomic E-state index is 0.344. The summed E-state index contributed by atoms with van der Waals surface area (Å²) in [6.07, 6.45) is 29.8. The number of rotatable bonds is 31. The van der Waals surface area contributed by atoms with Crippen LogP contribution in [0.2, 0.25) is 0 Å². The Balaban J connectivity index is -0.000000305. The number of aliphatic hydroxyl groups is 6. The van der Waals surface area contributed by atoms with Crippen LogP contribution in [0.4, 0.5) is 0 Å². The Labute approximate surface area is 294 Å². The summed E-state index contributed by atoms with van der Waals surface area (Å²) in [4.78, 5) is 20.6. The van der Waals surface area contributed by atoms with Crippen LogP contribution in [0.15, 0.2) is 0 Å². The molecule has 10 heteroatoms. The molecule has 0 aliphatic carbocycles. The number of carboxylic acids is 2. The van der Waals surface area contributed by atoms with Gasteiger partial charge in [0.1, 0.15) is 12.2 Å². The molecule has 0 saturated carbocycles. The Bertz CT molecular complexity index is 586. The standard InChI is InChI=1S/C18H36O2.C14H28O2.2C3H8O3/c1-17(2)15-13-11-9-7-5-3-4-6-8-10-12-14-16-18(19)20;1-2-3-4-5-6-7-8-9-10-11-12-13-14(15)16;2*4-1-3(6)2-5/h17H,3-16H2,1-2H3,(H,19,20);2-13H2,1H3,(H,15,16);2*3-6H,1-2H2. The molecule has 0 spiro atoms. The van der Waals surface area contributed by atoms with Gasteiger partial charge in [-0.2, -0.15) is 0 Å². The number of unbranched alkanes of at least 4 members (excludes halogenated alkanes) is 21. The first-order valence-electron chi connectivity index (χ1n) is 19.2. The van der Waals surface area contributed by atoms with Crippen LogP contribution in [-0.4, -0.2) is 91.4 Å². The van der Waals surface area contributed by atoms with E-state index in [0.717, 1.165) is 31.6 Å². The summed E-state index contributed by atoms with van der Waals surface area (Å²) in [6.45, 7) is 5.40. The Morgan fingerprint density at radius 1 is 0.417 bits per heavy atom. The van der Waals surface area contributed by atoms with Crippen LogP contribution in [0.3, 0.4) is 0 Å². The highest BCUT2D eigenvalue weighted by atomic mass is 16.4. The lowest BCUT2D eigenvalue weighted by molar-refractivity contribution is -0.138. The molecule has 0 heterocycles. The van der Waals surface area contributed by atoms with Crippen LogP contribution in [0, 0.1) is 5.92 Å². The van der Waals surface area contributed by atoms with E-state index in [4.69, 9.17) is 40.9 Å². The van der Waals surface area contributed by atoms with E-state index >= 15 is 0 Å². The van der Waals surface area contributed by atoms with Crippen LogP contribution < -0.4 is 0 Å². The maximum atomic E-state index is 10.3. The van der Waals surface area contributed by atoms with Crippen molar-refractivity contribution < 1.29 is 50.4 Å². The zero-order valence-corrected chi connectivity index (χ0v) is 31.3. The molecule has 0 aromatic carbocycles. The van der Waals surface area contributed by atoms with Gasteiger partial charge in [-0.05, 0) is 18.8 Å². The van der Waals surface area contributed by atoms with Gasteiger partial charge in [-0.25, -0.2) is 0 Å². The van der Waals surface area contributed by atoms with E-state index in [1.165, 1.54) is 128 Å². The number of aliphatic carboxylic acids is 2. The summed E-state index contributed by atoms with van der Waals surface area (Å²) in [5.41, 5.74) is 0. The monoisotopic (exact) mass is 697 g/mol. The number of hydrogen-bond acceptors (Lipinski definition) is 8. The van der Waals surface area contributed by atoms with Crippen molar-refractivity contribution in [3.05, 3.63) is 0 Å². The third-order valence-corrected chi connectivity index (χ3v) is 7.76. The second-order valence-electron chi connectivity index (χ2n) is 13.3. The largest absolute Gasteiger partial charge is 0.481 e. The first kappa shape index (κ1) is 53.5. The molecule has 0 unspecified atom stereocenters. The minimum Gasteiger partial charge on any atom is -0.481 e. The quantitative estimate of drug-likeness (QED) is 0.0334. The molecule has 292 valence electrons. The highest BCUT2D eigenvalue weighted by Crippen LogP contribution is 2.14. The second kappa shape index (κ2) is 47.8. The Hall–Kier alpha value is -1.30.